The summed E-state index contributed by atoms with van der Waals surface area (Å²) in [6.07, 6.45) is 1.08. The molecule has 30 heavy (non-hydrogen) atoms. The fourth-order valence-corrected chi connectivity index (χ4v) is 3.87. The Balaban J connectivity index is 1.45. The minimum Gasteiger partial charge on any atom is -0.436 e. The van der Waals surface area contributed by atoms with Crippen molar-refractivity contribution in [2.24, 2.45) is 0 Å². The number of carbonyl (C=O) groups excluding carboxylic acids is 1. The van der Waals surface area contributed by atoms with Crippen LogP contribution in [0.5, 0.6) is 0 Å². The number of aromatic nitrogens is 1. The van der Waals surface area contributed by atoms with Crippen molar-refractivity contribution in [1.29, 1.82) is 0 Å². The SMILES string of the molecule is CCC(C)c1ccc2oc(-c3ccc(NC(=S)NC(=O)c4cccs4)cc3)nc2c1. The lowest BCUT2D eigenvalue weighted by Crippen LogP contribution is -2.33. The normalized spacial score (nSPS) is 11.9. The minimum absolute atomic E-state index is 0.220. The maximum Gasteiger partial charge on any atom is 0.267 e. The first-order chi connectivity index (χ1) is 14.5. The van der Waals surface area contributed by atoms with Gasteiger partial charge < -0.3 is 9.73 Å². The second-order valence-corrected chi connectivity index (χ2v) is 8.37. The lowest BCUT2D eigenvalue weighted by atomic mass is 9.98. The number of thiophene rings is 1. The number of rotatable bonds is 5. The Labute approximate surface area is 184 Å². The third-order valence-electron chi connectivity index (χ3n) is 4.95. The Bertz CT molecular complexity index is 1180. The number of amides is 1. The van der Waals surface area contributed by atoms with E-state index in [0.29, 0.717) is 16.7 Å². The molecular weight excluding hydrogens is 414 g/mol. The van der Waals surface area contributed by atoms with Crippen LogP contribution in [0.25, 0.3) is 22.6 Å². The predicted octanol–water partition coefficient (Wildman–Crippen LogP) is 6.20. The van der Waals surface area contributed by atoms with Crippen molar-refractivity contribution >= 4 is 51.4 Å². The summed E-state index contributed by atoms with van der Waals surface area (Å²) in [5.41, 5.74) is 4.54. The van der Waals surface area contributed by atoms with Gasteiger partial charge in [-0.2, -0.15) is 0 Å². The number of nitrogens with one attached hydrogen (secondary N) is 2. The zero-order valence-corrected chi connectivity index (χ0v) is 18.3. The number of carbonyl (C=O) groups is 1. The number of fused-ring (bicyclic) bond motifs is 1. The van der Waals surface area contributed by atoms with Gasteiger partial charge >= 0.3 is 0 Å². The minimum atomic E-state index is -0.220. The summed E-state index contributed by atoms with van der Waals surface area (Å²) in [5.74, 6) is 0.845. The van der Waals surface area contributed by atoms with Crippen molar-refractivity contribution in [2.45, 2.75) is 26.2 Å². The summed E-state index contributed by atoms with van der Waals surface area (Å²) in [5, 5.41) is 7.79. The summed E-state index contributed by atoms with van der Waals surface area (Å²) in [4.78, 5) is 17.3. The number of hydrogen-bond acceptors (Lipinski definition) is 5. The molecule has 2 aromatic heterocycles. The van der Waals surface area contributed by atoms with Gasteiger partial charge in [-0.25, -0.2) is 4.98 Å². The summed E-state index contributed by atoms with van der Waals surface area (Å²) in [6, 6.07) is 17.3. The molecular formula is C23H21N3O2S2. The second kappa shape index (κ2) is 8.77. The molecule has 4 rings (SSSR count). The van der Waals surface area contributed by atoms with Crippen LogP contribution in [0.15, 0.2) is 64.4 Å². The molecule has 2 N–H and O–H groups in total. The van der Waals surface area contributed by atoms with E-state index in [0.717, 1.165) is 28.8 Å². The van der Waals surface area contributed by atoms with Gasteiger partial charge in [0.15, 0.2) is 10.7 Å². The van der Waals surface area contributed by atoms with Crippen LogP contribution in [0.2, 0.25) is 0 Å². The number of thiocarbonyl (C=S) groups is 1. The van der Waals surface area contributed by atoms with Gasteiger partial charge in [0.05, 0.1) is 4.88 Å². The van der Waals surface area contributed by atoms with Gasteiger partial charge in [0.25, 0.3) is 5.91 Å². The van der Waals surface area contributed by atoms with E-state index in [9.17, 15) is 4.79 Å². The standard InChI is InChI=1S/C23H21N3O2S2/c1-3-14(2)16-8-11-19-18(13-16)25-22(28-19)15-6-9-17(10-7-15)24-23(29)26-21(27)20-5-4-12-30-20/h4-14H,3H2,1-2H3,(H2,24,26,27,29). The molecule has 0 aliphatic carbocycles. The van der Waals surface area contributed by atoms with E-state index in [1.807, 2.05) is 41.8 Å². The molecule has 0 saturated heterocycles. The quantitative estimate of drug-likeness (QED) is 0.366. The van der Waals surface area contributed by atoms with Crippen molar-refractivity contribution < 1.29 is 9.21 Å². The number of benzene rings is 2. The number of hydrogen-bond donors (Lipinski definition) is 2. The van der Waals surface area contributed by atoms with Gasteiger partial charge in [0.1, 0.15) is 5.52 Å². The maximum absolute atomic E-state index is 12.1. The third-order valence-corrected chi connectivity index (χ3v) is 6.03. The molecule has 0 aliphatic rings. The molecule has 1 unspecified atom stereocenters. The molecule has 0 aliphatic heterocycles. The third kappa shape index (κ3) is 4.42. The van der Waals surface area contributed by atoms with Gasteiger partial charge in [-0.3, -0.25) is 10.1 Å². The van der Waals surface area contributed by atoms with Crippen LogP contribution >= 0.6 is 23.6 Å². The van der Waals surface area contributed by atoms with Crippen LogP contribution in [0, 0.1) is 0 Å². The largest absolute Gasteiger partial charge is 0.436 e. The predicted molar refractivity (Wildman–Crippen MR) is 126 cm³/mol. The first kappa shape index (κ1) is 20.3. The molecule has 0 radical (unpaired) electrons. The van der Waals surface area contributed by atoms with Crippen LogP contribution in [0.3, 0.4) is 0 Å². The fraction of sp³-hybridized carbons (Fsp3) is 0.174. The van der Waals surface area contributed by atoms with E-state index < -0.39 is 0 Å². The second-order valence-electron chi connectivity index (χ2n) is 7.02. The highest BCUT2D eigenvalue weighted by Gasteiger charge is 2.12. The Morgan fingerprint density at radius 2 is 2.00 bits per heavy atom. The van der Waals surface area contributed by atoms with E-state index in [2.05, 4.69) is 41.6 Å². The number of anilines is 1. The van der Waals surface area contributed by atoms with Crippen LogP contribution in [-0.2, 0) is 0 Å². The monoisotopic (exact) mass is 435 g/mol. The maximum atomic E-state index is 12.1. The topological polar surface area (TPSA) is 67.2 Å². The molecule has 0 spiro atoms. The lowest BCUT2D eigenvalue weighted by Gasteiger charge is -2.09. The molecule has 0 saturated carbocycles. The highest BCUT2D eigenvalue weighted by Crippen LogP contribution is 2.28. The molecule has 152 valence electrons. The van der Waals surface area contributed by atoms with E-state index >= 15 is 0 Å². The van der Waals surface area contributed by atoms with Crippen molar-refractivity contribution in [1.82, 2.24) is 10.3 Å². The molecule has 1 atom stereocenters. The first-order valence-corrected chi connectivity index (χ1v) is 11.0. The van der Waals surface area contributed by atoms with Crippen LogP contribution < -0.4 is 10.6 Å². The first-order valence-electron chi connectivity index (χ1n) is 9.70. The Morgan fingerprint density at radius 3 is 2.70 bits per heavy atom. The van der Waals surface area contributed by atoms with Crippen molar-refractivity contribution in [2.75, 3.05) is 5.32 Å². The summed E-state index contributed by atoms with van der Waals surface area (Å²) >= 11 is 6.60. The van der Waals surface area contributed by atoms with Gasteiger partial charge in [-0.1, -0.05) is 26.0 Å². The molecule has 7 heteroatoms. The summed E-state index contributed by atoms with van der Waals surface area (Å²) in [6.45, 7) is 4.39. The highest BCUT2D eigenvalue weighted by atomic mass is 32.1. The van der Waals surface area contributed by atoms with E-state index in [4.69, 9.17) is 16.6 Å². The summed E-state index contributed by atoms with van der Waals surface area (Å²) < 4.78 is 5.92. The Hall–Kier alpha value is -3.03. The van der Waals surface area contributed by atoms with E-state index in [-0.39, 0.29) is 11.0 Å². The smallest absolute Gasteiger partial charge is 0.267 e. The molecule has 2 aromatic carbocycles. The lowest BCUT2D eigenvalue weighted by molar-refractivity contribution is 0.0981. The number of nitrogens with zero attached hydrogens (tertiary/aromatic N) is 1. The van der Waals surface area contributed by atoms with E-state index in [1.54, 1.807) is 6.07 Å². The zero-order valence-electron chi connectivity index (χ0n) is 16.6. The molecule has 2 heterocycles. The summed E-state index contributed by atoms with van der Waals surface area (Å²) in [7, 11) is 0. The zero-order chi connectivity index (χ0) is 21.1. The van der Waals surface area contributed by atoms with Crippen molar-refractivity contribution in [3.05, 3.63) is 70.4 Å². The molecule has 0 bridgehead atoms. The molecule has 5 nitrogen and oxygen atoms in total. The molecule has 0 fully saturated rings. The average Bonchev–Trinajstić information content (AvgIpc) is 3.43. The van der Waals surface area contributed by atoms with Gasteiger partial charge in [-0.15, -0.1) is 11.3 Å². The van der Waals surface area contributed by atoms with Crippen LogP contribution in [0.1, 0.15) is 41.4 Å². The Kier molecular flexibility index (Phi) is 5.92. The van der Waals surface area contributed by atoms with Gasteiger partial charge in [0, 0.05) is 11.3 Å². The average molecular weight is 436 g/mol. The van der Waals surface area contributed by atoms with Gasteiger partial charge in [-0.05, 0) is 78.0 Å². The molecule has 1 amide bonds. The van der Waals surface area contributed by atoms with Crippen molar-refractivity contribution in [3.63, 3.8) is 0 Å². The van der Waals surface area contributed by atoms with Crippen LogP contribution in [0.4, 0.5) is 5.69 Å². The van der Waals surface area contributed by atoms with Gasteiger partial charge in [0.2, 0.25) is 5.89 Å². The number of oxazole rings is 1. The highest BCUT2D eigenvalue weighted by molar-refractivity contribution is 7.80. The fourth-order valence-electron chi connectivity index (χ4n) is 3.04. The Morgan fingerprint density at radius 1 is 1.20 bits per heavy atom. The van der Waals surface area contributed by atoms with Crippen LogP contribution in [-0.4, -0.2) is 16.0 Å². The molecule has 4 aromatic rings. The van der Waals surface area contributed by atoms with E-state index in [1.165, 1.54) is 16.9 Å². The van der Waals surface area contributed by atoms with Crippen molar-refractivity contribution in [3.8, 4) is 11.5 Å².